The summed E-state index contributed by atoms with van der Waals surface area (Å²) in [7, 11) is 0. The second-order valence-electron chi connectivity index (χ2n) is 7.19. The zero-order valence-corrected chi connectivity index (χ0v) is 18.0. The van der Waals surface area contributed by atoms with Crippen molar-refractivity contribution in [1.82, 2.24) is 0 Å². The number of benzene rings is 2. The van der Waals surface area contributed by atoms with E-state index in [2.05, 4.69) is 5.32 Å². The average molecular weight is 436 g/mol. The molecule has 158 valence electrons. The van der Waals surface area contributed by atoms with Crippen molar-refractivity contribution in [1.29, 1.82) is 0 Å². The molecule has 0 saturated heterocycles. The number of carbonyl (C=O) groups excluding carboxylic acids is 3. The lowest BCUT2D eigenvalue weighted by Gasteiger charge is -2.24. The van der Waals surface area contributed by atoms with E-state index < -0.39 is 23.9 Å². The summed E-state index contributed by atoms with van der Waals surface area (Å²) >= 11 is 1.23. The van der Waals surface area contributed by atoms with Crippen LogP contribution in [0.15, 0.2) is 53.9 Å². The summed E-state index contributed by atoms with van der Waals surface area (Å²) in [6.07, 6.45) is -0.696. The van der Waals surface area contributed by atoms with Crippen molar-refractivity contribution in [2.45, 2.75) is 26.4 Å². The lowest BCUT2D eigenvalue weighted by molar-refractivity contribution is -0.125. The van der Waals surface area contributed by atoms with Crippen LogP contribution >= 0.6 is 11.3 Å². The molecule has 0 aliphatic carbocycles. The molecule has 1 N–H and O–H groups in total. The molecule has 4 rings (SSSR count). The zero-order valence-electron chi connectivity index (χ0n) is 17.1. The topological polar surface area (TPSA) is 81.7 Å². The minimum atomic E-state index is -0.972. The number of cyclic esters (lactones) is 1. The summed E-state index contributed by atoms with van der Waals surface area (Å²) in [6.45, 7) is 3.84. The van der Waals surface area contributed by atoms with Crippen molar-refractivity contribution in [2.75, 3.05) is 11.9 Å². The lowest BCUT2D eigenvalue weighted by Crippen LogP contribution is -2.38. The third-order valence-electron chi connectivity index (χ3n) is 5.02. The molecule has 7 heteroatoms. The molecule has 1 aromatic heterocycles. The molecule has 0 spiro atoms. The van der Waals surface area contributed by atoms with E-state index in [-0.39, 0.29) is 13.0 Å². The Morgan fingerprint density at radius 2 is 1.94 bits per heavy atom. The van der Waals surface area contributed by atoms with Crippen molar-refractivity contribution in [3.05, 3.63) is 76.2 Å². The number of nitrogens with one attached hydrogen (secondary N) is 1. The third kappa shape index (κ3) is 4.22. The highest BCUT2D eigenvalue weighted by molar-refractivity contribution is 7.15. The molecule has 0 saturated carbocycles. The van der Waals surface area contributed by atoms with E-state index in [4.69, 9.17) is 9.47 Å². The van der Waals surface area contributed by atoms with Crippen molar-refractivity contribution in [3.8, 4) is 11.1 Å². The van der Waals surface area contributed by atoms with E-state index in [0.717, 1.165) is 16.7 Å². The van der Waals surface area contributed by atoms with Gasteiger partial charge in [-0.3, -0.25) is 4.79 Å². The molecule has 1 aliphatic heterocycles. The predicted octanol–water partition coefficient (Wildman–Crippen LogP) is 4.62. The summed E-state index contributed by atoms with van der Waals surface area (Å²) in [5.41, 5.74) is 4.02. The third-order valence-corrected chi connectivity index (χ3v) is 5.92. The number of rotatable bonds is 5. The number of hydrogen-bond acceptors (Lipinski definition) is 6. The van der Waals surface area contributed by atoms with Crippen LogP contribution in [0, 0.1) is 6.92 Å². The van der Waals surface area contributed by atoms with Crippen LogP contribution in [0.2, 0.25) is 0 Å². The first-order chi connectivity index (χ1) is 15.0. The van der Waals surface area contributed by atoms with Gasteiger partial charge in [-0.05, 0) is 31.0 Å². The van der Waals surface area contributed by atoms with Crippen LogP contribution in [0.1, 0.15) is 38.8 Å². The Morgan fingerprint density at radius 1 is 1.16 bits per heavy atom. The molecule has 1 aliphatic rings. The summed E-state index contributed by atoms with van der Waals surface area (Å²) in [6, 6.07) is 14.9. The smallest absolute Gasteiger partial charge is 0.341 e. The Hall–Kier alpha value is -3.45. The molecule has 0 bridgehead atoms. The Labute approximate surface area is 183 Å². The fraction of sp³-hybridized carbons (Fsp3) is 0.208. The van der Waals surface area contributed by atoms with Gasteiger partial charge < -0.3 is 14.8 Å². The Bertz CT molecular complexity index is 1150. The summed E-state index contributed by atoms with van der Waals surface area (Å²) in [5.74, 6) is -1.52. The van der Waals surface area contributed by atoms with Crippen molar-refractivity contribution in [3.63, 3.8) is 0 Å². The van der Waals surface area contributed by atoms with Crippen LogP contribution in [-0.4, -0.2) is 30.6 Å². The molecule has 6 nitrogen and oxygen atoms in total. The van der Waals surface area contributed by atoms with Gasteiger partial charge in [0.15, 0.2) is 6.10 Å². The van der Waals surface area contributed by atoms with Gasteiger partial charge in [0.1, 0.15) is 10.6 Å². The minimum Gasteiger partial charge on any atom is -0.462 e. The number of hydrogen-bond donors (Lipinski definition) is 1. The van der Waals surface area contributed by atoms with Gasteiger partial charge in [0, 0.05) is 17.4 Å². The molecule has 31 heavy (non-hydrogen) atoms. The molecule has 1 unspecified atom stereocenters. The fourth-order valence-electron chi connectivity index (χ4n) is 3.52. The SMILES string of the molecule is CCOC(=O)c1c(-c2ccccc2)csc1NC(=O)C1Cc2ccc(C)cc2C(=O)O1. The normalized spacial score (nSPS) is 15.0. The van der Waals surface area contributed by atoms with Crippen molar-refractivity contribution < 1.29 is 23.9 Å². The maximum atomic E-state index is 12.9. The van der Waals surface area contributed by atoms with Crippen LogP contribution in [0.3, 0.4) is 0 Å². The second kappa shape index (κ2) is 8.73. The van der Waals surface area contributed by atoms with E-state index in [0.29, 0.717) is 21.7 Å². The second-order valence-corrected chi connectivity index (χ2v) is 8.07. The maximum Gasteiger partial charge on any atom is 0.341 e. The van der Waals surface area contributed by atoms with Gasteiger partial charge >= 0.3 is 11.9 Å². The van der Waals surface area contributed by atoms with Gasteiger partial charge in [-0.15, -0.1) is 11.3 Å². The molecule has 0 fully saturated rings. The number of esters is 2. The molecule has 1 amide bonds. The highest BCUT2D eigenvalue weighted by Crippen LogP contribution is 2.36. The van der Waals surface area contributed by atoms with Crippen LogP contribution < -0.4 is 5.32 Å². The maximum absolute atomic E-state index is 12.9. The number of aryl methyl sites for hydroxylation is 1. The van der Waals surface area contributed by atoms with E-state index in [9.17, 15) is 14.4 Å². The Morgan fingerprint density at radius 3 is 2.68 bits per heavy atom. The highest BCUT2D eigenvalue weighted by atomic mass is 32.1. The van der Waals surface area contributed by atoms with E-state index >= 15 is 0 Å². The quantitative estimate of drug-likeness (QED) is 0.592. The highest BCUT2D eigenvalue weighted by Gasteiger charge is 2.33. The summed E-state index contributed by atoms with van der Waals surface area (Å²) in [5, 5.41) is 4.95. The number of anilines is 1. The lowest BCUT2D eigenvalue weighted by atomic mass is 9.96. The monoisotopic (exact) mass is 435 g/mol. The minimum absolute atomic E-state index is 0.215. The van der Waals surface area contributed by atoms with Gasteiger partial charge in [0.05, 0.1) is 12.2 Å². The first-order valence-corrected chi connectivity index (χ1v) is 10.8. The number of thiophene rings is 1. The van der Waals surface area contributed by atoms with Gasteiger partial charge in [-0.25, -0.2) is 9.59 Å². The first kappa shape index (κ1) is 20.8. The van der Waals surface area contributed by atoms with E-state index in [1.54, 1.807) is 13.0 Å². The van der Waals surface area contributed by atoms with E-state index in [1.165, 1.54) is 11.3 Å². The predicted molar refractivity (Wildman–Crippen MR) is 118 cm³/mol. The number of ether oxygens (including phenoxy) is 2. The first-order valence-electron chi connectivity index (χ1n) is 9.93. The van der Waals surface area contributed by atoms with Gasteiger partial charge in [0.25, 0.3) is 5.91 Å². The summed E-state index contributed by atoms with van der Waals surface area (Å²) in [4.78, 5) is 38.0. The van der Waals surface area contributed by atoms with Gasteiger partial charge in [-0.2, -0.15) is 0 Å². The summed E-state index contributed by atoms with van der Waals surface area (Å²) < 4.78 is 10.6. The van der Waals surface area contributed by atoms with Crippen molar-refractivity contribution in [2.24, 2.45) is 0 Å². The fourth-order valence-corrected chi connectivity index (χ4v) is 4.48. The van der Waals surface area contributed by atoms with E-state index in [1.807, 2.05) is 54.8 Å². The van der Waals surface area contributed by atoms with Crippen LogP contribution in [0.5, 0.6) is 0 Å². The van der Waals surface area contributed by atoms with Gasteiger partial charge in [0.2, 0.25) is 0 Å². The number of amides is 1. The average Bonchev–Trinajstić information content (AvgIpc) is 3.18. The molecule has 2 heterocycles. The molecular formula is C24H21NO5S. The molecule has 0 radical (unpaired) electrons. The molecular weight excluding hydrogens is 414 g/mol. The largest absolute Gasteiger partial charge is 0.462 e. The van der Waals surface area contributed by atoms with Crippen LogP contribution in [-0.2, 0) is 20.7 Å². The number of carbonyl (C=O) groups is 3. The molecule has 3 aromatic rings. The molecule has 2 aromatic carbocycles. The zero-order chi connectivity index (χ0) is 22.0. The van der Waals surface area contributed by atoms with Crippen LogP contribution in [0.4, 0.5) is 5.00 Å². The Kier molecular flexibility index (Phi) is 5.86. The van der Waals surface area contributed by atoms with Crippen molar-refractivity contribution >= 4 is 34.2 Å². The standard InChI is InChI=1S/C24H21NO5S/c1-3-29-24(28)20-18(15-7-5-4-6-8-15)13-31-22(20)25-21(26)19-12-16-10-9-14(2)11-17(16)23(27)30-19/h4-11,13,19H,3,12H2,1-2H3,(H,25,26). The van der Waals surface area contributed by atoms with Crippen LogP contribution in [0.25, 0.3) is 11.1 Å². The number of fused-ring (bicyclic) bond motifs is 1. The molecule has 1 atom stereocenters. The van der Waals surface area contributed by atoms with Gasteiger partial charge in [-0.1, -0.05) is 48.0 Å². The Balaban J connectivity index is 1.61.